The van der Waals surface area contributed by atoms with E-state index in [-0.39, 0.29) is 27.8 Å². The maximum Gasteiger partial charge on any atom is 0.354 e. The lowest BCUT2D eigenvalue weighted by Crippen LogP contribution is -2.29. The fraction of sp³-hybridized carbons (Fsp3) is 0.318. The number of nitrogens with one attached hydrogen (secondary N) is 1. The van der Waals surface area contributed by atoms with E-state index in [4.69, 9.17) is 9.15 Å². The van der Waals surface area contributed by atoms with Crippen LogP contribution >= 0.6 is 0 Å². The van der Waals surface area contributed by atoms with E-state index < -0.39 is 10.5 Å². The second-order valence-electron chi connectivity index (χ2n) is 8.12. The van der Waals surface area contributed by atoms with Crippen LogP contribution in [0.5, 0.6) is 5.75 Å². The molecule has 0 amide bonds. The van der Waals surface area contributed by atoms with Crippen molar-refractivity contribution >= 4 is 39.4 Å². The standard InChI is InChI=1S/C22H23N3O5/c1-22(2)10-9-14-17(23-11-12-24(3)4)16-19(26)13-7-5-6-8-15(13)29-21(16)18(25(27)28)20(14)30-22/h5-10,23H,11-12H2,1-4H3. The SMILES string of the molecule is CN(C)CCNc1c2c(c([N+](=O)[O-])c3oc4ccccc4c(=O)c13)OC(C)(C)C=C2. The first kappa shape index (κ1) is 19.9. The molecule has 0 saturated carbocycles. The highest BCUT2D eigenvalue weighted by molar-refractivity contribution is 6.07. The number of ether oxygens (including phenoxy) is 1. The van der Waals surface area contributed by atoms with Crippen molar-refractivity contribution in [1.29, 1.82) is 0 Å². The Balaban J connectivity index is 2.13. The zero-order chi connectivity index (χ0) is 21.6. The Hall–Kier alpha value is -3.39. The molecule has 0 unspecified atom stereocenters. The van der Waals surface area contributed by atoms with Crippen LogP contribution in [-0.4, -0.2) is 42.6 Å². The Bertz CT molecular complexity index is 1260. The van der Waals surface area contributed by atoms with E-state index in [1.54, 1.807) is 30.3 Å². The number of nitro groups is 1. The molecule has 8 heteroatoms. The van der Waals surface area contributed by atoms with Gasteiger partial charge in [-0.3, -0.25) is 14.9 Å². The van der Waals surface area contributed by atoms with Crippen LogP contribution in [0.3, 0.4) is 0 Å². The van der Waals surface area contributed by atoms with E-state index in [1.807, 2.05) is 38.9 Å². The lowest BCUT2D eigenvalue weighted by Gasteiger charge is -2.29. The van der Waals surface area contributed by atoms with Crippen molar-refractivity contribution in [2.75, 3.05) is 32.5 Å². The van der Waals surface area contributed by atoms with E-state index >= 15 is 0 Å². The molecule has 3 aromatic rings. The lowest BCUT2D eigenvalue weighted by molar-refractivity contribution is -0.385. The number of likely N-dealkylation sites (N-methyl/N-ethyl adjacent to an activating group) is 1. The van der Waals surface area contributed by atoms with Crippen molar-refractivity contribution in [3.8, 4) is 5.75 Å². The molecule has 156 valence electrons. The fourth-order valence-electron chi connectivity index (χ4n) is 3.61. The summed E-state index contributed by atoms with van der Waals surface area (Å²) < 4.78 is 11.9. The summed E-state index contributed by atoms with van der Waals surface area (Å²) in [5.74, 6) is 0.103. The van der Waals surface area contributed by atoms with Gasteiger partial charge in [-0.15, -0.1) is 0 Å². The van der Waals surface area contributed by atoms with E-state index in [0.29, 0.717) is 35.3 Å². The lowest BCUT2D eigenvalue weighted by atomic mass is 9.97. The van der Waals surface area contributed by atoms with E-state index in [2.05, 4.69) is 5.32 Å². The highest BCUT2D eigenvalue weighted by Crippen LogP contribution is 2.48. The van der Waals surface area contributed by atoms with Gasteiger partial charge in [-0.05, 0) is 52.2 Å². The van der Waals surface area contributed by atoms with Gasteiger partial charge >= 0.3 is 5.69 Å². The molecule has 2 aromatic carbocycles. The van der Waals surface area contributed by atoms with Gasteiger partial charge in [-0.25, -0.2) is 0 Å². The highest BCUT2D eigenvalue weighted by atomic mass is 16.6. The Kier molecular flexibility index (Phi) is 4.74. The minimum absolute atomic E-state index is 0.0825. The molecule has 1 aliphatic rings. The molecule has 0 atom stereocenters. The zero-order valence-corrected chi connectivity index (χ0v) is 17.3. The molecule has 4 rings (SSSR count). The zero-order valence-electron chi connectivity index (χ0n) is 17.3. The monoisotopic (exact) mass is 409 g/mol. The van der Waals surface area contributed by atoms with Crippen molar-refractivity contribution in [2.45, 2.75) is 19.4 Å². The van der Waals surface area contributed by atoms with Gasteiger partial charge in [0.05, 0.1) is 21.4 Å². The first-order chi connectivity index (χ1) is 14.2. The number of hydrogen-bond donors (Lipinski definition) is 1. The Morgan fingerprint density at radius 2 is 1.97 bits per heavy atom. The maximum absolute atomic E-state index is 13.4. The summed E-state index contributed by atoms with van der Waals surface area (Å²) >= 11 is 0. The third-order valence-corrected chi connectivity index (χ3v) is 5.05. The molecule has 0 saturated heterocycles. The molecule has 0 aliphatic carbocycles. The van der Waals surface area contributed by atoms with Crippen LogP contribution in [-0.2, 0) is 0 Å². The fourth-order valence-corrected chi connectivity index (χ4v) is 3.61. The van der Waals surface area contributed by atoms with Crippen LogP contribution < -0.4 is 15.5 Å². The van der Waals surface area contributed by atoms with Gasteiger partial charge in [0, 0.05) is 18.7 Å². The van der Waals surface area contributed by atoms with Gasteiger partial charge in [-0.1, -0.05) is 12.1 Å². The van der Waals surface area contributed by atoms with Gasteiger partial charge in [0.1, 0.15) is 11.2 Å². The van der Waals surface area contributed by atoms with Crippen LogP contribution in [0, 0.1) is 10.1 Å². The Labute approximate surface area is 172 Å². The summed E-state index contributed by atoms with van der Waals surface area (Å²) in [4.78, 5) is 26.9. The summed E-state index contributed by atoms with van der Waals surface area (Å²) in [7, 11) is 3.89. The van der Waals surface area contributed by atoms with Crippen molar-refractivity contribution in [3.63, 3.8) is 0 Å². The van der Waals surface area contributed by atoms with Gasteiger partial charge < -0.3 is 19.4 Å². The Morgan fingerprint density at radius 1 is 1.23 bits per heavy atom. The molecule has 0 spiro atoms. The summed E-state index contributed by atoms with van der Waals surface area (Å²) in [6.45, 7) is 4.88. The number of nitrogens with zero attached hydrogens (tertiary/aromatic N) is 2. The van der Waals surface area contributed by atoms with Crippen LogP contribution in [0.4, 0.5) is 11.4 Å². The quantitative estimate of drug-likeness (QED) is 0.386. The van der Waals surface area contributed by atoms with Crippen LogP contribution in [0.25, 0.3) is 28.0 Å². The molecular weight excluding hydrogens is 386 g/mol. The average molecular weight is 409 g/mol. The molecule has 8 nitrogen and oxygen atoms in total. The number of rotatable bonds is 5. The smallest absolute Gasteiger partial charge is 0.354 e. The molecule has 1 aliphatic heterocycles. The molecule has 1 N–H and O–H groups in total. The van der Waals surface area contributed by atoms with Gasteiger partial charge in [0.25, 0.3) is 0 Å². The summed E-state index contributed by atoms with van der Waals surface area (Å²) in [5.41, 5.74) is -0.206. The molecule has 2 heterocycles. The normalized spacial score (nSPS) is 14.7. The second-order valence-corrected chi connectivity index (χ2v) is 8.12. The summed E-state index contributed by atoms with van der Waals surface area (Å²) in [5, 5.41) is 15.9. The van der Waals surface area contributed by atoms with Crippen LogP contribution in [0.2, 0.25) is 0 Å². The maximum atomic E-state index is 13.4. The number of fused-ring (bicyclic) bond motifs is 3. The third kappa shape index (κ3) is 3.29. The Morgan fingerprint density at radius 3 is 2.67 bits per heavy atom. The van der Waals surface area contributed by atoms with E-state index in [0.717, 1.165) is 0 Å². The van der Waals surface area contributed by atoms with E-state index in [9.17, 15) is 14.9 Å². The number of hydrogen-bond acceptors (Lipinski definition) is 7. The third-order valence-electron chi connectivity index (χ3n) is 5.05. The van der Waals surface area contributed by atoms with E-state index in [1.165, 1.54) is 0 Å². The predicted molar refractivity (Wildman–Crippen MR) is 117 cm³/mol. The second kappa shape index (κ2) is 7.14. The topological polar surface area (TPSA) is 97.9 Å². The number of para-hydroxylation sites is 1. The first-order valence-corrected chi connectivity index (χ1v) is 9.66. The highest BCUT2D eigenvalue weighted by Gasteiger charge is 2.36. The van der Waals surface area contributed by atoms with Crippen molar-refractivity contribution in [2.24, 2.45) is 0 Å². The van der Waals surface area contributed by atoms with Gasteiger partial charge in [0.2, 0.25) is 16.8 Å². The average Bonchev–Trinajstić information content (AvgIpc) is 2.66. The number of benzene rings is 2. The number of nitro benzene ring substituents is 1. The molecule has 30 heavy (non-hydrogen) atoms. The summed E-state index contributed by atoms with van der Waals surface area (Å²) in [6, 6.07) is 6.75. The van der Waals surface area contributed by atoms with Gasteiger partial charge in [0.15, 0.2) is 0 Å². The molecule has 0 bridgehead atoms. The van der Waals surface area contributed by atoms with Crippen molar-refractivity contribution < 1.29 is 14.1 Å². The van der Waals surface area contributed by atoms with Crippen LogP contribution in [0.1, 0.15) is 19.4 Å². The molecule has 0 fully saturated rings. The van der Waals surface area contributed by atoms with Crippen molar-refractivity contribution in [1.82, 2.24) is 4.90 Å². The molecule has 1 aromatic heterocycles. The van der Waals surface area contributed by atoms with Crippen LogP contribution in [0.15, 0.2) is 39.6 Å². The molecular formula is C22H23N3O5. The minimum Gasteiger partial charge on any atom is -0.476 e. The minimum atomic E-state index is -0.733. The summed E-state index contributed by atoms with van der Waals surface area (Å²) in [6.07, 6.45) is 3.60. The largest absolute Gasteiger partial charge is 0.476 e. The van der Waals surface area contributed by atoms with Gasteiger partial charge in [-0.2, -0.15) is 0 Å². The first-order valence-electron chi connectivity index (χ1n) is 9.66. The predicted octanol–water partition coefficient (Wildman–Crippen LogP) is 4.01. The molecule has 0 radical (unpaired) electrons. The van der Waals surface area contributed by atoms with Crippen molar-refractivity contribution in [3.05, 3.63) is 56.2 Å². The number of anilines is 1.